The van der Waals surface area contributed by atoms with Gasteiger partial charge in [-0.2, -0.15) is 18.2 Å². The Bertz CT molecular complexity index is 888. The maximum atomic E-state index is 12.7. The molecule has 0 saturated carbocycles. The molecule has 2 amide bonds. The second-order valence-corrected chi connectivity index (χ2v) is 7.83. The van der Waals surface area contributed by atoms with E-state index in [1.54, 1.807) is 15.7 Å². The standard InChI is InChI=1S/C17H17F3N4OS/c1-10-7-24(13-4-2-12(3-5-13)17(18,19)20)16(26-10)22-15(25)23-8-11-6-21-14(11)9-23/h2-5,7,11,14,21H,6,8-9H2,1H3/b22-16-/t11-,14?/m1/s1. The number of hydrogen-bond acceptors (Lipinski definition) is 3. The van der Waals surface area contributed by atoms with Crippen LogP contribution in [0, 0.1) is 12.8 Å². The van der Waals surface area contributed by atoms with Gasteiger partial charge >= 0.3 is 12.2 Å². The average Bonchev–Trinajstić information content (AvgIpc) is 3.07. The Morgan fingerprint density at radius 3 is 2.54 bits per heavy atom. The smallest absolute Gasteiger partial charge is 0.321 e. The molecule has 138 valence electrons. The van der Waals surface area contributed by atoms with Crippen molar-refractivity contribution in [2.75, 3.05) is 19.6 Å². The van der Waals surface area contributed by atoms with Crippen molar-refractivity contribution in [1.82, 2.24) is 14.8 Å². The number of urea groups is 1. The molecule has 4 rings (SSSR count). The quantitative estimate of drug-likeness (QED) is 0.825. The van der Waals surface area contributed by atoms with Crippen LogP contribution >= 0.6 is 11.3 Å². The van der Waals surface area contributed by atoms with E-state index in [2.05, 4.69) is 10.3 Å². The van der Waals surface area contributed by atoms with Gasteiger partial charge in [-0.25, -0.2) is 4.79 Å². The SMILES string of the molecule is Cc1cn(-c2ccc(C(F)(F)F)cc2)/c(=N/C(=O)N2CC3NC[C@@H]3C2)s1. The number of thiazole rings is 1. The minimum Gasteiger partial charge on any atom is -0.321 e. The van der Waals surface area contributed by atoms with Crippen LogP contribution in [0.15, 0.2) is 35.5 Å². The van der Waals surface area contributed by atoms with Crippen LogP contribution < -0.4 is 10.1 Å². The number of hydrogen-bond donors (Lipinski definition) is 1. The fraction of sp³-hybridized carbons (Fsp3) is 0.412. The van der Waals surface area contributed by atoms with Crippen molar-refractivity contribution in [2.24, 2.45) is 10.9 Å². The largest absolute Gasteiger partial charge is 0.416 e. The van der Waals surface area contributed by atoms with E-state index in [0.717, 1.165) is 23.6 Å². The van der Waals surface area contributed by atoms with Gasteiger partial charge < -0.3 is 10.2 Å². The molecule has 2 aromatic rings. The van der Waals surface area contributed by atoms with Crippen molar-refractivity contribution in [3.8, 4) is 5.69 Å². The predicted octanol–water partition coefficient (Wildman–Crippen LogP) is 2.79. The topological polar surface area (TPSA) is 49.6 Å². The van der Waals surface area contributed by atoms with Gasteiger partial charge in [-0.15, -0.1) is 11.3 Å². The maximum Gasteiger partial charge on any atom is 0.416 e. The molecule has 1 aromatic heterocycles. The summed E-state index contributed by atoms with van der Waals surface area (Å²) in [5.41, 5.74) is -0.166. The van der Waals surface area contributed by atoms with Crippen LogP contribution in [0.1, 0.15) is 10.4 Å². The number of amides is 2. The molecule has 2 aliphatic rings. The summed E-state index contributed by atoms with van der Waals surface area (Å²) in [7, 11) is 0. The molecule has 1 N–H and O–H groups in total. The van der Waals surface area contributed by atoms with Crippen LogP contribution in [0.2, 0.25) is 0 Å². The number of aromatic nitrogens is 1. The van der Waals surface area contributed by atoms with Gasteiger partial charge in [0.2, 0.25) is 0 Å². The first-order chi connectivity index (χ1) is 12.3. The van der Waals surface area contributed by atoms with Crippen LogP contribution in [-0.2, 0) is 6.18 Å². The minimum atomic E-state index is -4.37. The van der Waals surface area contributed by atoms with E-state index in [-0.39, 0.29) is 6.03 Å². The average molecular weight is 382 g/mol. The summed E-state index contributed by atoms with van der Waals surface area (Å²) >= 11 is 1.33. The predicted molar refractivity (Wildman–Crippen MR) is 91.2 cm³/mol. The molecular formula is C17H17F3N4OS. The summed E-state index contributed by atoms with van der Waals surface area (Å²) < 4.78 is 39.9. The van der Waals surface area contributed by atoms with Crippen molar-refractivity contribution in [3.05, 3.63) is 45.7 Å². The fourth-order valence-corrected chi connectivity index (χ4v) is 4.12. The van der Waals surface area contributed by atoms with Gasteiger partial charge in [0.1, 0.15) is 0 Å². The normalized spacial score (nSPS) is 23.1. The van der Waals surface area contributed by atoms with Crippen LogP contribution in [0.25, 0.3) is 5.69 Å². The Morgan fingerprint density at radius 2 is 2.00 bits per heavy atom. The number of carbonyl (C=O) groups excluding carboxylic acids is 1. The lowest BCUT2D eigenvalue weighted by Gasteiger charge is -2.29. The molecule has 0 spiro atoms. The Kier molecular flexibility index (Phi) is 4.15. The fourth-order valence-electron chi connectivity index (χ4n) is 3.29. The van der Waals surface area contributed by atoms with Crippen LogP contribution in [-0.4, -0.2) is 41.2 Å². The van der Waals surface area contributed by atoms with Gasteiger partial charge in [-0.1, -0.05) is 0 Å². The van der Waals surface area contributed by atoms with Crippen molar-refractivity contribution in [2.45, 2.75) is 19.1 Å². The Balaban J connectivity index is 1.63. The zero-order valence-electron chi connectivity index (χ0n) is 14.0. The maximum absolute atomic E-state index is 12.7. The second kappa shape index (κ2) is 6.24. The molecule has 3 heterocycles. The summed E-state index contributed by atoms with van der Waals surface area (Å²) in [5, 5.41) is 3.28. The first-order valence-electron chi connectivity index (χ1n) is 8.25. The summed E-state index contributed by atoms with van der Waals surface area (Å²) in [6.07, 6.45) is -2.60. The lowest BCUT2D eigenvalue weighted by molar-refractivity contribution is -0.137. The molecule has 2 atom stereocenters. The third-order valence-corrected chi connectivity index (χ3v) is 5.69. The van der Waals surface area contributed by atoms with Gasteiger partial charge in [0, 0.05) is 48.4 Å². The van der Waals surface area contributed by atoms with E-state index in [1.165, 1.54) is 23.5 Å². The van der Waals surface area contributed by atoms with Gasteiger partial charge in [-0.05, 0) is 31.2 Å². The van der Waals surface area contributed by atoms with Gasteiger partial charge in [0.15, 0.2) is 4.80 Å². The number of nitrogens with zero attached hydrogens (tertiary/aromatic N) is 3. The van der Waals surface area contributed by atoms with E-state index >= 15 is 0 Å². The lowest BCUT2D eigenvalue weighted by atomic mass is 9.96. The highest BCUT2D eigenvalue weighted by Gasteiger charge is 2.40. The molecule has 2 saturated heterocycles. The van der Waals surface area contributed by atoms with E-state index in [4.69, 9.17) is 0 Å². The third-order valence-electron chi connectivity index (χ3n) is 4.79. The molecule has 1 unspecified atom stereocenters. The third kappa shape index (κ3) is 3.16. The zero-order chi connectivity index (χ0) is 18.5. The highest BCUT2D eigenvalue weighted by Crippen LogP contribution is 2.29. The van der Waals surface area contributed by atoms with E-state index in [9.17, 15) is 18.0 Å². The van der Waals surface area contributed by atoms with Crippen LogP contribution in [0.5, 0.6) is 0 Å². The number of aryl methyl sites for hydroxylation is 1. The van der Waals surface area contributed by atoms with Crippen molar-refractivity contribution in [3.63, 3.8) is 0 Å². The molecular weight excluding hydrogens is 365 g/mol. The first-order valence-corrected chi connectivity index (χ1v) is 9.06. The molecule has 0 radical (unpaired) electrons. The Morgan fingerprint density at radius 1 is 1.27 bits per heavy atom. The number of benzene rings is 1. The van der Waals surface area contributed by atoms with Crippen molar-refractivity contribution < 1.29 is 18.0 Å². The number of fused-ring (bicyclic) bond motifs is 1. The second-order valence-electron chi connectivity index (χ2n) is 6.61. The summed E-state index contributed by atoms with van der Waals surface area (Å²) in [4.78, 5) is 19.8. The molecule has 0 bridgehead atoms. The monoisotopic (exact) mass is 382 g/mol. The van der Waals surface area contributed by atoms with Gasteiger partial charge in [0.05, 0.1) is 5.56 Å². The molecule has 9 heteroatoms. The summed E-state index contributed by atoms with van der Waals surface area (Å²) in [5.74, 6) is 0.501. The molecule has 1 aromatic carbocycles. The summed E-state index contributed by atoms with van der Waals surface area (Å²) in [6, 6.07) is 4.90. The highest BCUT2D eigenvalue weighted by atomic mass is 32.1. The zero-order valence-corrected chi connectivity index (χ0v) is 14.8. The number of nitrogens with one attached hydrogen (secondary N) is 1. The van der Waals surface area contributed by atoms with Gasteiger partial charge in [-0.3, -0.25) is 4.57 Å². The lowest BCUT2D eigenvalue weighted by Crippen LogP contribution is -2.51. The van der Waals surface area contributed by atoms with Crippen molar-refractivity contribution in [1.29, 1.82) is 0 Å². The molecule has 2 fully saturated rings. The van der Waals surface area contributed by atoms with E-state index in [1.807, 2.05) is 6.92 Å². The number of alkyl halides is 3. The number of likely N-dealkylation sites (tertiary alicyclic amines) is 1. The molecule has 2 aliphatic heterocycles. The van der Waals surface area contributed by atoms with Crippen molar-refractivity contribution >= 4 is 17.4 Å². The molecule has 0 aliphatic carbocycles. The Labute approximate surface area is 151 Å². The van der Waals surface area contributed by atoms with Crippen LogP contribution in [0.4, 0.5) is 18.0 Å². The number of carbonyl (C=O) groups is 1. The number of rotatable bonds is 1. The van der Waals surface area contributed by atoms with Gasteiger partial charge in [0.25, 0.3) is 0 Å². The molecule has 5 nitrogen and oxygen atoms in total. The Hall–Kier alpha value is -2.13. The minimum absolute atomic E-state index is 0.302. The highest BCUT2D eigenvalue weighted by molar-refractivity contribution is 7.09. The summed E-state index contributed by atoms with van der Waals surface area (Å²) in [6.45, 7) is 4.15. The number of halogens is 3. The van der Waals surface area contributed by atoms with E-state index < -0.39 is 11.7 Å². The van der Waals surface area contributed by atoms with Crippen LogP contribution in [0.3, 0.4) is 0 Å². The first kappa shape index (κ1) is 17.3. The van der Waals surface area contributed by atoms with E-state index in [0.29, 0.717) is 35.5 Å². The molecule has 26 heavy (non-hydrogen) atoms.